The van der Waals surface area contributed by atoms with Gasteiger partial charge in [-0.2, -0.15) is 0 Å². The first-order valence-corrected chi connectivity index (χ1v) is 8.88. The van der Waals surface area contributed by atoms with Crippen molar-refractivity contribution in [1.29, 1.82) is 0 Å². The molecule has 2 N–H and O–H groups in total. The summed E-state index contributed by atoms with van der Waals surface area (Å²) in [5, 5.41) is 6.60. The molecule has 114 valence electrons. The monoisotopic (exact) mass is 312 g/mol. The molecule has 1 aliphatic carbocycles. The van der Waals surface area contributed by atoms with Crippen LogP contribution in [0.1, 0.15) is 51.0 Å². The Balaban J connectivity index is 1.52. The van der Waals surface area contributed by atoms with Crippen LogP contribution in [0.5, 0.6) is 0 Å². The molecular weight excluding hydrogens is 292 g/mol. The van der Waals surface area contributed by atoms with Gasteiger partial charge in [0.15, 0.2) is 0 Å². The van der Waals surface area contributed by atoms with Gasteiger partial charge in [-0.15, -0.1) is 11.3 Å². The van der Waals surface area contributed by atoms with Crippen molar-refractivity contribution in [2.75, 3.05) is 11.9 Å². The van der Waals surface area contributed by atoms with E-state index >= 15 is 0 Å². The van der Waals surface area contributed by atoms with Gasteiger partial charge in [0.2, 0.25) is 0 Å². The van der Waals surface area contributed by atoms with Gasteiger partial charge in [0, 0.05) is 16.6 Å². The quantitative estimate of drug-likeness (QED) is 0.902. The number of fused-ring (bicyclic) bond motifs is 1. The zero-order valence-electron chi connectivity index (χ0n) is 12.5. The van der Waals surface area contributed by atoms with E-state index in [1.165, 1.54) is 35.3 Å². The van der Waals surface area contributed by atoms with Gasteiger partial charge in [-0.25, -0.2) is 0 Å². The van der Waals surface area contributed by atoms with Crippen LogP contribution >= 0.6 is 11.3 Å². The van der Waals surface area contributed by atoms with Crippen LogP contribution in [0.15, 0.2) is 30.3 Å². The Morgan fingerprint density at radius 2 is 2.14 bits per heavy atom. The van der Waals surface area contributed by atoms with E-state index in [2.05, 4.69) is 22.8 Å². The summed E-state index contributed by atoms with van der Waals surface area (Å²) in [4.78, 5) is 14.6. The summed E-state index contributed by atoms with van der Waals surface area (Å²) in [6.45, 7) is 1.08. The maximum atomic E-state index is 12.5. The molecule has 0 unspecified atom stereocenters. The third-order valence-corrected chi connectivity index (χ3v) is 5.85. The van der Waals surface area contributed by atoms with E-state index in [4.69, 9.17) is 0 Å². The average molecular weight is 312 g/mol. The van der Waals surface area contributed by atoms with Gasteiger partial charge in [0.25, 0.3) is 5.91 Å². The van der Waals surface area contributed by atoms with Crippen LogP contribution in [0.4, 0.5) is 5.69 Å². The Kier molecular flexibility index (Phi) is 3.72. The minimum atomic E-state index is 0.0227. The Morgan fingerprint density at radius 3 is 3.00 bits per heavy atom. The average Bonchev–Trinajstić information content (AvgIpc) is 3.27. The highest BCUT2D eigenvalue weighted by Crippen LogP contribution is 2.31. The second kappa shape index (κ2) is 5.86. The molecule has 0 saturated carbocycles. The summed E-state index contributed by atoms with van der Waals surface area (Å²) in [6.07, 6.45) is 5.80. The lowest BCUT2D eigenvalue weighted by atomic mass is 10.1. The number of hydrogen-bond donors (Lipinski definition) is 2. The number of benzene rings is 1. The molecule has 1 saturated heterocycles. The van der Waals surface area contributed by atoms with Crippen molar-refractivity contribution >= 4 is 22.9 Å². The summed E-state index contributed by atoms with van der Waals surface area (Å²) < 4.78 is 0. The second-order valence-corrected chi connectivity index (χ2v) is 7.22. The van der Waals surface area contributed by atoms with E-state index in [1.54, 1.807) is 11.3 Å². The molecule has 2 aromatic rings. The molecule has 4 rings (SSSR count). The summed E-state index contributed by atoms with van der Waals surface area (Å²) in [5.74, 6) is 0.0227. The number of carbonyl (C=O) groups is 1. The summed E-state index contributed by atoms with van der Waals surface area (Å²) >= 11 is 1.62. The first kappa shape index (κ1) is 14.0. The molecule has 2 heterocycles. The number of aryl methyl sites for hydroxylation is 1. The first-order chi connectivity index (χ1) is 10.8. The van der Waals surface area contributed by atoms with Crippen LogP contribution in [0.25, 0.3) is 0 Å². The largest absolute Gasteiger partial charge is 0.321 e. The molecule has 0 spiro atoms. The Labute approximate surface area is 134 Å². The summed E-state index contributed by atoms with van der Waals surface area (Å²) in [6, 6.07) is 10.7. The number of carbonyl (C=O) groups excluding carboxylic acids is 1. The summed E-state index contributed by atoms with van der Waals surface area (Å²) in [7, 11) is 0. The minimum Gasteiger partial charge on any atom is -0.321 e. The van der Waals surface area contributed by atoms with Crippen molar-refractivity contribution in [3.05, 3.63) is 51.2 Å². The smallest absolute Gasteiger partial charge is 0.265 e. The lowest BCUT2D eigenvalue weighted by Crippen LogP contribution is -2.12. The van der Waals surface area contributed by atoms with Gasteiger partial charge in [0.05, 0.1) is 4.88 Å². The molecule has 1 aromatic heterocycles. The number of amides is 1. The normalized spacial score (nSPS) is 20.1. The van der Waals surface area contributed by atoms with Crippen LogP contribution in [0, 0.1) is 0 Å². The molecule has 0 bridgehead atoms. The highest BCUT2D eigenvalue weighted by atomic mass is 32.1. The van der Waals surface area contributed by atoms with Crippen LogP contribution in [-0.4, -0.2) is 12.5 Å². The van der Waals surface area contributed by atoms with Crippen molar-refractivity contribution in [2.24, 2.45) is 0 Å². The van der Waals surface area contributed by atoms with Crippen molar-refractivity contribution < 1.29 is 4.79 Å². The Bertz CT molecular complexity index is 701. The SMILES string of the molecule is O=C(Nc1cccc2c1CCC2)c1ccc([C@H]2CCCN2)s1. The molecule has 22 heavy (non-hydrogen) atoms. The van der Waals surface area contributed by atoms with Gasteiger partial charge >= 0.3 is 0 Å². The van der Waals surface area contributed by atoms with Crippen LogP contribution < -0.4 is 10.6 Å². The van der Waals surface area contributed by atoms with Crippen LogP contribution in [0.3, 0.4) is 0 Å². The number of nitrogens with one attached hydrogen (secondary N) is 2. The fourth-order valence-electron chi connectivity index (χ4n) is 3.51. The standard InChI is InChI=1S/C18H20N2OS/c21-18(17-10-9-16(22-17)15-8-3-11-19-15)20-14-7-2-5-12-4-1-6-13(12)14/h2,5,7,9-10,15,19H,1,3-4,6,8,11H2,(H,20,21)/t15-/m1/s1. The van der Waals surface area contributed by atoms with Crippen LogP contribution in [0.2, 0.25) is 0 Å². The fraction of sp³-hybridized carbons (Fsp3) is 0.389. The maximum Gasteiger partial charge on any atom is 0.265 e. The Hall–Kier alpha value is -1.65. The highest BCUT2D eigenvalue weighted by molar-refractivity contribution is 7.14. The number of rotatable bonds is 3. The van der Waals surface area contributed by atoms with E-state index in [1.807, 2.05) is 18.2 Å². The molecule has 4 heteroatoms. The van der Waals surface area contributed by atoms with E-state index in [9.17, 15) is 4.79 Å². The molecular formula is C18H20N2OS. The minimum absolute atomic E-state index is 0.0227. The van der Waals surface area contributed by atoms with Crippen molar-refractivity contribution in [1.82, 2.24) is 5.32 Å². The lowest BCUT2D eigenvalue weighted by Gasteiger charge is -2.09. The molecule has 1 amide bonds. The molecule has 1 aromatic carbocycles. The van der Waals surface area contributed by atoms with Gasteiger partial charge in [-0.3, -0.25) is 4.79 Å². The molecule has 1 fully saturated rings. The predicted octanol–water partition coefficient (Wildman–Crippen LogP) is 3.91. The van der Waals surface area contributed by atoms with Crippen LogP contribution in [-0.2, 0) is 12.8 Å². The van der Waals surface area contributed by atoms with Gasteiger partial charge in [-0.05, 0) is 68.0 Å². The zero-order chi connectivity index (χ0) is 14.9. The third-order valence-electron chi connectivity index (χ3n) is 4.65. The number of anilines is 1. The van der Waals surface area contributed by atoms with Crippen molar-refractivity contribution in [3.63, 3.8) is 0 Å². The molecule has 0 radical (unpaired) electrons. The number of thiophene rings is 1. The molecule has 2 aliphatic rings. The van der Waals surface area contributed by atoms with E-state index in [0.29, 0.717) is 6.04 Å². The fourth-order valence-corrected chi connectivity index (χ4v) is 4.52. The first-order valence-electron chi connectivity index (χ1n) is 8.06. The van der Waals surface area contributed by atoms with E-state index in [-0.39, 0.29) is 5.91 Å². The van der Waals surface area contributed by atoms with Gasteiger partial charge < -0.3 is 10.6 Å². The number of hydrogen-bond acceptors (Lipinski definition) is 3. The van der Waals surface area contributed by atoms with Crippen molar-refractivity contribution in [3.8, 4) is 0 Å². The predicted molar refractivity (Wildman–Crippen MR) is 90.7 cm³/mol. The molecule has 1 aliphatic heterocycles. The topological polar surface area (TPSA) is 41.1 Å². The zero-order valence-corrected chi connectivity index (χ0v) is 13.3. The maximum absolute atomic E-state index is 12.5. The van der Waals surface area contributed by atoms with Gasteiger partial charge in [0.1, 0.15) is 0 Å². The molecule has 1 atom stereocenters. The second-order valence-electron chi connectivity index (χ2n) is 6.10. The van der Waals surface area contributed by atoms with Gasteiger partial charge in [-0.1, -0.05) is 12.1 Å². The van der Waals surface area contributed by atoms with E-state index in [0.717, 1.165) is 30.0 Å². The highest BCUT2D eigenvalue weighted by Gasteiger charge is 2.21. The van der Waals surface area contributed by atoms with Crippen molar-refractivity contribution in [2.45, 2.75) is 38.1 Å². The molecule has 3 nitrogen and oxygen atoms in total. The third kappa shape index (κ3) is 2.57. The lowest BCUT2D eigenvalue weighted by molar-refractivity contribution is 0.103. The van der Waals surface area contributed by atoms with E-state index < -0.39 is 0 Å². The Morgan fingerprint density at radius 1 is 1.18 bits per heavy atom. The summed E-state index contributed by atoms with van der Waals surface area (Å²) in [5.41, 5.74) is 3.71.